The number of hydrogen-bond donors (Lipinski definition) is 1. The van der Waals surface area contributed by atoms with Gasteiger partial charge in [-0.15, -0.1) is 13.2 Å². The maximum Gasteiger partial charge on any atom is 0.573 e. The number of aromatic nitrogens is 2. The Morgan fingerprint density at radius 2 is 2.00 bits per heavy atom. The zero-order valence-electron chi connectivity index (χ0n) is 10.2. The normalized spacial score (nSPS) is 11.2. The minimum atomic E-state index is -4.73. The highest BCUT2D eigenvalue weighted by Crippen LogP contribution is 2.27. The Morgan fingerprint density at radius 3 is 2.70 bits per heavy atom. The summed E-state index contributed by atoms with van der Waals surface area (Å²) in [4.78, 5) is 7.76. The molecule has 0 atom stereocenters. The maximum atomic E-state index is 12.1. The van der Waals surface area contributed by atoms with Gasteiger partial charge >= 0.3 is 6.36 Å². The standard InChI is InChI=1S/C12H9ClF3N3O/c1-7-10(13)17-6-18-11(7)19-8-3-2-4-9(5-8)20-12(14,15)16/h2-6H,1H3,(H,17,18,19). The van der Waals surface area contributed by atoms with Crippen molar-refractivity contribution in [3.05, 3.63) is 41.3 Å². The van der Waals surface area contributed by atoms with Crippen LogP contribution < -0.4 is 10.1 Å². The van der Waals surface area contributed by atoms with E-state index in [0.29, 0.717) is 17.1 Å². The second-order valence-corrected chi connectivity index (χ2v) is 4.20. The predicted molar refractivity (Wildman–Crippen MR) is 68.2 cm³/mol. The summed E-state index contributed by atoms with van der Waals surface area (Å²) in [6.07, 6.45) is -3.47. The van der Waals surface area contributed by atoms with Crippen LogP contribution in [0.25, 0.3) is 0 Å². The van der Waals surface area contributed by atoms with Crippen LogP contribution in [-0.2, 0) is 0 Å². The molecule has 0 aliphatic carbocycles. The van der Waals surface area contributed by atoms with Crippen LogP contribution in [-0.4, -0.2) is 16.3 Å². The Kier molecular flexibility index (Phi) is 3.99. The molecule has 8 heteroatoms. The molecule has 0 aliphatic heterocycles. The fourth-order valence-corrected chi connectivity index (χ4v) is 1.60. The molecule has 0 aliphatic rings. The summed E-state index contributed by atoms with van der Waals surface area (Å²) in [5, 5.41) is 3.12. The molecule has 2 rings (SSSR count). The van der Waals surface area contributed by atoms with Gasteiger partial charge in [-0.2, -0.15) is 0 Å². The Bertz CT molecular complexity index is 619. The highest BCUT2D eigenvalue weighted by atomic mass is 35.5. The molecule has 1 heterocycles. The van der Waals surface area contributed by atoms with Crippen LogP contribution in [0.5, 0.6) is 5.75 Å². The lowest BCUT2D eigenvalue weighted by atomic mass is 10.3. The third kappa shape index (κ3) is 3.74. The van der Waals surface area contributed by atoms with Crippen molar-refractivity contribution in [2.75, 3.05) is 5.32 Å². The first-order valence-electron chi connectivity index (χ1n) is 5.45. The highest BCUT2D eigenvalue weighted by molar-refractivity contribution is 6.30. The number of rotatable bonds is 3. The van der Waals surface area contributed by atoms with Gasteiger partial charge in [0.05, 0.1) is 0 Å². The lowest BCUT2D eigenvalue weighted by molar-refractivity contribution is -0.274. The summed E-state index contributed by atoms with van der Waals surface area (Å²) in [6, 6.07) is 5.43. The van der Waals surface area contributed by atoms with Crippen molar-refractivity contribution in [2.45, 2.75) is 13.3 Å². The summed E-state index contributed by atoms with van der Waals surface area (Å²) in [5.41, 5.74) is 0.987. The fraction of sp³-hybridized carbons (Fsp3) is 0.167. The van der Waals surface area contributed by atoms with Crippen molar-refractivity contribution in [3.63, 3.8) is 0 Å². The van der Waals surface area contributed by atoms with Gasteiger partial charge in [0.2, 0.25) is 0 Å². The van der Waals surface area contributed by atoms with Crippen LogP contribution >= 0.6 is 11.6 Å². The van der Waals surface area contributed by atoms with Crippen molar-refractivity contribution in [3.8, 4) is 5.75 Å². The quantitative estimate of drug-likeness (QED) is 0.868. The minimum Gasteiger partial charge on any atom is -0.406 e. The van der Waals surface area contributed by atoms with Gasteiger partial charge < -0.3 is 10.1 Å². The van der Waals surface area contributed by atoms with E-state index < -0.39 is 6.36 Å². The van der Waals surface area contributed by atoms with Crippen LogP contribution in [0.2, 0.25) is 5.15 Å². The van der Waals surface area contributed by atoms with Crippen molar-refractivity contribution in [1.82, 2.24) is 9.97 Å². The van der Waals surface area contributed by atoms with E-state index in [1.807, 2.05) is 0 Å². The molecule has 4 nitrogen and oxygen atoms in total. The summed E-state index contributed by atoms with van der Waals surface area (Å²) in [6.45, 7) is 1.70. The summed E-state index contributed by atoms with van der Waals surface area (Å²) >= 11 is 5.83. The van der Waals surface area contributed by atoms with E-state index in [9.17, 15) is 13.2 Å². The molecule has 2 aromatic rings. The number of nitrogens with one attached hydrogen (secondary N) is 1. The average molecular weight is 304 g/mol. The van der Waals surface area contributed by atoms with E-state index in [2.05, 4.69) is 20.0 Å². The van der Waals surface area contributed by atoms with Gasteiger partial charge in [0.25, 0.3) is 0 Å². The largest absolute Gasteiger partial charge is 0.573 e. The van der Waals surface area contributed by atoms with Crippen molar-refractivity contribution in [2.24, 2.45) is 0 Å². The van der Waals surface area contributed by atoms with Crippen LogP contribution in [0.4, 0.5) is 24.7 Å². The summed E-state index contributed by atoms with van der Waals surface area (Å²) in [7, 11) is 0. The SMILES string of the molecule is Cc1c(Cl)ncnc1Nc1cccc(OC(F)(F)F)c1. The smallest absolute Gasteiger partial charge is 0.406 e. The molecule has 0 radical (unpaired) electrons. The van der Waals surface area contributed by atoms with Crippen molar-refractivity contribution < 1.29 is 17.9 Å². The lowest BCUT2D eigenvalue weighted by Crippen LogP contribution is -2.17. The molecule has 0 unspecified atom stereocenters. The van der Waals surface area contributed by atoms with Gasteiger partial charge in [0, 0.05) is 17.3 Å². The zero-order chi connectivity index (χ0) is 14.8. The molecular formula is C12H9ClF3N3O. The number of halogens is 4. The van der Waals surface area contributed by atoms with Crippen LogP contribution in [0, 0.1) is 6.92 Å². The Balaban J connectivity index is 2.22. The van der Waals surface area contributed by atoms with E-state index in [0.717, 1.165) is 0 Å². The Labute approximate surface area is 117 Å². The molecule has 20 heavy (non-hydrogen) atoms. The number of anilines is 2. The van der Waals surface area contributed by atoms with Crippen LogP contribution in [0.3, 0.4) is 0 Å². The monoisotopic (exact) mass is 303 g/mol. The van der Waals surface area contributed by atoms with E-state index in [-0.39, 0.29) is 10.9 Å². The molecule has 1 N–H and O–H groups in total. The van der Waals surface area contributed by atoms with Gasteiger partial charge in [0.1, 0.15) is 23.0 Å². The number of benzene rings is 1. The first-order valence-corrected chi connectivity index (χ1v) is 5.83. The van der Waals surface area contributed by atoms with Crippen LogP contribution in [0.15, 0.2) is 30.6 Å². The number of hydrogen-bond acceptors (Lipinski definition) is 4. The number of alkyl halides is 3. The molecule has 0 bridgehead atoms. The highest BCUT2D eigenvalue weighted by Gasteiger charge is 2.31. The zero-order valence-corrected chi connectivity index (χ0v) is 11.0. The minimum absolute atomic E-state index is 0.269. The summed E-state index contributed by atoms with van der Waals surface area (Å²) in [5.74, 6) is 0.0921. The Hall–Kier alpha value is -2.02. The second-order valence-electron chi connectivity index (χ2n) is 3.84. The number of nitrogens with zero attached hydrogens (tertiary/aromatic N) is 2. The Morgan fingerprint density at radius 1 is 1.25 bits per heavy atom. The predicted octanol–water partition coefficient (Wildman–Crippen LogP) is 4.08. The fourth-order valence-electron chi connectivity index (χ4n) is 1.46. The van der Waals surface area contributed by atoms with Crippen LogP contribution in [0.1, 0.15) is 5.56 Å². The van der Waals surface area contributed by atoms with E-state index in [4.69, 9.17) is 11.6 Å². The van der Waals surface area contributed by atoms with Gasteiger partial charge in [-0.05, 0) is 19.1 Å². The molecule has 0 fully saturated rings. The van der Waals surface area contributed by atoms with Gasteiger partial charge in [-0.3, -0.25) is 0 Å². The maximum absolute atomic E-state index is 12.1. The second kappa shape index (κ2) is 5.54. The van der Waals surface area contributed by atoms with Crippen molar-refractivity contribution in [1.29, 1.82) is 0 Å². The van der Waals surface area contributed by atoms with E-state index in [1.54, 1.807) is 13.0 Å². The molecular weight excluding hydrogens is 295 g/mol. The molecule has 1 aromatic heterocycles. The first-order chi connectivity index (χ1) is 9.35. The molecule has 106 valence electrons. The molecule has 0 amide bonds. The topological polar surface area (TPSA) is 47.0 Å². The third-order valence-electron chi connectivity index (χ3n) is 2.35. The molecule has 0 saturated heterocycles. The summed E-state index contributed by atoms with van der Waals surface area (Å²) < 4.78 is 40.2. The number of ether oxygens (including phenoxy) is 1. The lowest BCUT2D eigenvalue weighted by Gasteiger charge is -2.12. The third-order valence-corrected chi connectivity index (χ3v) is 2.73. The van der Waals surface area contributed by atoms with Crippen molar-refractivity contribution >= 4 is 23.1 Å². The molecule has 1 aromatic carbocycles. The molecule has 0 spiro atoms. The average Bonchev–Trinajstić information content (AvgIpc) is 2.33. The van der Waals surface area contributed by atoms with Gasteiger partial charge in [-0.1, -0.05) is 17.7 Å². The van der Waals surface area contributed by atoms with E-state index in [1.165, 1.54) is 24.5 Å². The first kappa shape index (κ1) is 14.4. The molecule has 0 saturated carbocycles. The van der Waals surface area contributed by atoms with Gasteiger partial charge in [-0.25, -0.2) is 9.97 Å². The van der Waals surface area contributed by atoms with Gasteiger partial charge in [0.15, 0.2) is 0 Å². The van der Waals surface area contributed by atoms with E-state index >= 15 is 0 Å².